The number of nitrogens with one attached hydrogen (secondary N) is 1. The molecule has 3 heterocycles. The maximum atomic E-state index is 15.5. The number of carboxylic acid groups (broad SMARTS) is 1. The van der Waals surface area contributed by atoms with Crippen LogP contribution in [0, 0.1) is 11.7 Å². The molecule has 0 bridgehead atoms. The highest BCUT2D eigenvalue weighted by atomic mass is 19.1. The predicted molar refractivity (Wildman–Crippen MR) is 133 cm³/mol. The van der Waals surface area contributed by atoms with E-state index in [1.165, 1.54) is 43.6 Å². The number of aromatic nitrogens is 2. The number of halogens is 1. The van der Waals surface area contributed by atoms with Gasteiger partial charge < -0.3 is 19.9 Å². The van der Waals surface area contributed by atoms with Crippen LogP contribution in [-0.2, 0) is 15.1 Å². The Labute approximate surface area is 218 Å². The number of aliphatic imine (C=N–C) groups is 1. The summed E-state index contributed by atoms with van der Waals surface area (Å²) in [5.41, 5.74) is -2.33. The number of carbonyl (C=O) groups is 3. The van der Waals surface area contributed by atoms with E-state index >= 15 is 4.39 Å². The summed E-state index contributed by atoms with van der Waals surface area (Å²) in [6.45, 7) is 6.49. The molecule has 13 heteroatoms. The quantitative estimate of drug-likeness (QED) is 0.616. The minimum atomic E-state index is -1.57. The fourth-order valence-corrected chi connectivity index (χ4v) is 4.75. The molecule has 202 valence electrons. The Bertz CT molecular complexity index is 1310. The van der Waals surface area contributed by atoms with Gasteiger partial charge in [0.25, 0.3) is 5.91 Å². The molecule has 0 spiro atoms. The lowest BCUT2D eigenvalue weighted by Gasteiger charge is -2.44. The van der Waals surface area contributed by atoms with Crippen molar-refractivity contribution in [3.05, 3.63) is 47.7 Å². The number of guanidine groups is 1. The summed E-state index contributed by atoms with van der Waals surface area (Å²) < 4.78 is 26.2. The first-order chi connectivity index (χ1) is 17.8. The number of anilines is 1. The second kappa shape index (κ2) is 9.63. The van der Waals surface area contributed by atoms with Crippen LogP contribution < -0.4 is 10.1 Å². The van der Waals surface area contributed by atoms with Crippen LogP contribution in [0.2, 0.25) is 0 Å². The van der Waals surface area contributed by atoms with Gasteiger partial charge in [-0.05, 0) is 45.9 Å². The molecule has 1 saturated heterocycles. The molecule has 3 amide bonds. The van der Waals surface area contributed by atoms with Gasteiger partial charge in [0.15, 0.2) is 0 Å². The van der Waals surface area contributed by atoms with Gasteiger partial charge in [-0.15, -0.1) is 0 Å². The highest BCUT2D eigenvalue weighted by molar-refractivity contribution is 6.06. The fraction of sp³-hybridized carbons (Fsp3) is 0.440. The van der Waals surface area contributed by atoms with E-state index in [0.29, 0.717) is 0 Å². The average Bonchev–Trinajstić information content (AvgIpc) is 3.19. The zero-order valence-corrected chi connectivity index (χ0v) is 21.9. The molecule has 0 radical (unpaired) electrons. The number of hydrogen-bond acceptors (Lipinski definition) is 8. The highest BCUT2D eigenvalue weighted by Crippen LogP contribution is 2.48. The van der Waals surface area contributed by atoms with E-state index in [2.05, 4.69) is 15.3 Å². The second-order valence-corrected chi connectivity index (χ2v) is 10.1. The first-order valence-corrected chi connectivity index (χ1v) is 11.8. The minimum Gasteiger partial charge on any atom is -0.480 e. The number of amides is 3. The molecule has 2 aliphatic heterocycles. The second-order valence-electron chi connectivity index (χ2n) is 10.1. The van der Waals surface area contributed by atoms with Gasteiger partial charge in [-0.1, -0.05) is 0 Å². The van der Waals surface area contributed by atoms with Crippen molar-refractivity contribution in [2.75, 3.05) is 26.1 Å². The Hall–Kier alpha value is -4.13. The molecule has 0 unspecified atom stereocenters. The van der Waals surface area contributed by atoms with E-state index in [1.54, 1.807) is 27.7 Å². The number of fused-ring (bicyclic) bond motifs is 1. The monoisotopic (exact) mass is 528 g/mol. The molecule has 1 aromatic carbocycles. The maximum Gasteiger partial charge on any atom is 0.414 e. The van der Waals surface area contributed by atoms with Gasteiger partial charge in [-0.2, -0.15) is 0 Å². The van der Waals surface area contributed by atoms with Crippen LogP contribution in [-0.4, -0.2) is 81.1 Å². The van der Waals surface area contributed by atoms with Crippen molar-refractivity contribution in [3.63, 3.8) is 0 Å². The lowest BCUT2D eigenvalue weighted by Crippen LogP contribution is -2.62. The first kappa shape index (κ1) is 26.9. The Morgan fingerprint density at radius 2 is 2.00 bits per heavy atom. The Balaban J connectivity index is 1.81. The molecule has 1 aromatic heterocycles. The lowest BCUT2D eigenvalue weighted by molar-refractivity contribution is -0.135. The van der Waals surface area contributed by atoms with Crippen molar-refractivity contribution >= 4 is 29.6 Å². The molecule has 0 aliphatic carbocycles. The van der Waals surface area contributed by atoms with Gasteiger partial charge in [0.1, 0.15) is 17.1 Å². The Morgan fingerprint density at radius 3 is 2.58 bits per heavy atom. The van der Waals surface area contributed by atoms with E-state index in [4.69, 9.17) is 14.5 Å². The summed E-state index contributed by atoms with van der Waals surface area (Å²) in [5.74, 6) is -2.59. The summed E-state index contributed by atoms with van der Waals surface area (Å²) in [4.78, 5) is 53.4. The number of ether oxygens (including phenoxy) is 2. The average molecular weight is 529 g/mol. The van der Waals surface area contributed by atoms with Crippen molar-refractivity contribution in [1.29, 1.82) is 0 Å². The number of benzene rings is 1. The molecular weight excluding hydrogens is 499 g/mol. The van der Waals surface area contributed by atoms with Gasteiger partial charge in [0.2, 0.25) is 17.7 Å². The summed E-state index contributed by atoms with van der Waals surface area (Å²) in [5, 5.41) is 12.6. The van der Waals surface area contributed by atoms with Gasteiger partial charge >= 0.3 is 6.09 Å². The van der Waals surface area contributed by atoms with Crippen molar-refractivity contribution in [2.24, 2.45) is 10.9 Å². The summed E-state index contributed by atoms with van der Waals surface area (Å²) in [7, 11) is 2.85. The number of methoxy groups -OCH3 is 1. The molecular formula is C25H29FN6O6. The van der Waals surface area contributed by atoms with E-state index in [9.17, 15) is 19.5 Å². The van der Waals surface area contributed by atoms with Gasteiger partial charge in [-0.3, -0.25) is 14.5 Å². The molecule has 2 aromatic rings. The zero-order valence-electron chi connectivity index (χ0n) is 21.9. The third-order valence-electron chi connectivity index (χ3n) is 6.57. The van der Waals surface area contributed by atoms with Crippen molar-refractivity contribution < 1.29 is 33.4 Å². The first-order valence-electron chi connectivity index (χ1n) is 11.8. The molecule has 1 fully saturated rings. The Kier molecular flexibility index (Phi) is 6.82. The van der Waals surface area contributed by atoms with Gasteiger partial charge in [-0.25, -0.2) is 29.0 Å². The topological polar surface area (TPSA) is 147 Å². The van der Waals surface area contributed by atoms with E-state index in [1.807, 2.05) is 0 Å². The van der Waals surface area contributed by atoms with E-state index in [0.717, 1.165) is 11.0 Å². The standard InChI is InChI=1S/C25H29FN6O6/c1-13-19-21(34)31(5)22(32(23(35)36)24(2,3)4)30-25(19,12-38-13)15-9-14(7-8-16(15)26)29-20(33)17-10-28-18(37-6)11-27-17/h7-11,13,19H,12H2,1-6H3,(H,29,33)(H,35,36)/t13-,19+,25-/m1/s1. The smallest absolute Gasteiger partial charge is 0.414 e. The molecule has 0 saturated carbocycles. The Morgan fingerprint density at radius 1 is 1.29 bits per heavy atom. The van der Waals surface area contributed by atoms with Crippen LogP contribution in [0.5, 0.6) is 5.88 Å². The summed E-state index contributed by atoms with van der Waals surface area (Å²) >= 11 is 0. The van der Waals surface area contributed by atoms with Crippen molar-refractivity contribution in [3.8, 4) is 5.88 Å². The minimum absolute atomic E-state index is 0.00240. The van der Waals surface area contributed by atoms with Crippen LogP contribution in [0.3, 0.4) is 0 Å². The lowest BCUT2D eigenvalue weighted by atomic mass is 9.76. The summed E-state index contributed by atoms with van der Waals surface area (Å²) in [6.07, 6.45) is 0.572. The largest absolute Gasteiger partial charge is 0.480 e. The number of nitrogens with zero attached hydrogens (tertiary/aromatic N) is 5. The molecule has 2 N–H and O–H groups in total. The van der Waals surface area contributed by atoms with Crippen LogP contribution in [0.25, 0.3) is 0 Å². The zero-order chi connectivity index (χ0) is 28.0. The fourth-order valence-electron chi connectivity index (χ4n) is 4.75. The van der Waals surface area contributed by atoms with Crippen LogP contribution >= 0.6 is 0 Å². The predicted octanol–water partition coefficient (Wildman–Crippen LogP) is 2.71. The molecule has 12 nitrogen and oxygen atoms in total. The molecule has 2 aliphatic rings. The van der Waals surface area contributed by atoms with Gasteiger partial charge in [0.05, 0.1) is 38.1 Å². The van der Waals surface area contributed by atoms with E-state index < -0.39 is 46.8 Å². The number of rotatable bonds is 4. The van der Waals surface area contributed by atoms with Crippen LogP contribution in [0.4, 0.5) is 14.9 Å². The van der Waals surface area contributed by atoms with Crippen LogP contribution in [0.15, 0.2) is 35.6 Å². The van der Waals surface area contributed by atoms with Crippen molar-refractivity contribution in [1.82, 2.24) is 19.8 Å². The van der Waals surface area contributed by atoms with Crippen LogP contribution in [0.1, 0.15) is 43.7 Å². The normalized spacial score (nSPS) is 23.0. The third kappa shape index (κ3) is 4.53. The molecule has 3 atom stereocenters. The third-order valence-corrected chi connectivity index (χ3v) is 6.57. The number of hydrogen-bond donors (Lipinski definition) is 2. The summed E-state index contributed by atoms with van der Waals surface area (Å²) in [6, 6.07) is 3.88. The molecule has 4 rings (SSSR count). The van der Waals surface area contributed by atoms with Gasteiger partial charge in [0, 0.05) is 23.8 Å². The molecule has 38 heavy (non-hydrogen) atoms. The SMILES string of the molecule is COc1cnc(C(=O)Nc2ccc(F)c([C@]34CO[C@H](C)[C@H]3C(=O)N(C)C(N(C(=O)O)C(C)(C)C)=N4)c2)cn1. The number of carbonyl (C=O) groups excluding carboxylic acids is 2. The maximum absolute atomic E-state index is 15.5. The highest BCUT2D eigenvalue weighted by Gasteiger charge is 2.59. The van der Waals surface area contributed by atoms with E-state index in [-0.39, 0.29) is 35.4 Å². The van der Waals surface area contributed by atoms with Crippen molar-refractivity contribution in [2.45, 2.75) is 44.9 Å².